The first-order chi connectivity index (χ1) is 13.9. The van der Waals surface area contributed by atoms with E-state index in [9.17, 15) is 8.78 Å². The molecule has 3 rings (SSSR count). The Morgan fingerprint density at radius 1 is 1.21 bits per heavy atom. The van der Waals surface area contributed by atoms with Crippen molar-refractivity contribution >= 4 is 29.2 Å². The highest BCUT2D eigenvalue weighted by molar-refractivity contribution is 7.80. The molecule has 0 radical (unpaired) electrons. The summed E-state index contributed by atoms with van der Waals surface area (Å²) in [6.07, 6.45) is 1.16. The van der Waals surface area contributed by atoms with E-state index < -0.39 is 11.6 Å². The first-order valence-corrected chi connectivity index (χ1v) is 9.91. The molecule has 1 aliphatic heterocycles. The molecule has 1 fully saturated rings. The third kappa shape index (κ3) is 5.07. The summed E-state index contributed by atoms with van der Waals surface area (Å²) >= 11 is 4.63. The molecule has 0 spiro atoms. The number of rotatable bonds is 5. The van der Waals surface area contributed by atoms with Crippen LogP contribution in [0.4, 0.5) is 14.5 Å². The van der Waals surface area contributed by atoms with Crippen LogP contribution in [0, 0.1) is 11.6 Å². The lowest BCUT2D eigenvalue weighted by atomic mass is 10.00. The van der Waals surface area contributed by atoms with Gasteiger partial charge in [-0.25, -0.2) is 8.78 Å². The molecule has 154 valence electrons. The number of benzene rings is 2. The Morgan fingerprint density at radius 3 is 2.59 bits per heavy atom. The van der Waals surface area contributed by atoms with Crippen LogP contribution in [0.15, 0.2) is 47.6 Å². The lowest BCUT2D eigenvalue weighted by Crippen LogP contribution is -2.51. The number of hydrogen-bond acceptors (Lipinski definition) is 4. The Balaban J connectivity index is 1.86. The van der Waals surface area contributed by atoms with Gasteiger partial charge in [-0.3, -0.25) is 10.3 Å². The average molecular weight is 418 g/mol. The molecule has 2 aromatic carbocycles. The number of anilines is 1. The van der Waals surface area contributed by atoms with Gasteiger partial charge in [-0.05, 0) is 37.7 Å². The van der Waals surface area contributed by atoms with Crippen molar-refractivity contribution in [3.8, 4) is 0 Å². The number of hydrazone groups is 1. The Labute approximate surface area is 175 Å². The van der Waals surface area contributed by atoms with E-state index in [0.717, 1.165) is 18.8 Å². The fourth-order valence-electron chi connectivity index (χ4n) is 3.66. The van der Waals surface area contributed by atoms with Crippen molar-refractivity contribution in [2.75, 3.05) is 24.5 Å². The van der Waals surface area contributed by atoms with E-state index in [1.807, 2.05) is 23.1 Å². The molecule has 0 aromatic heterocycles. The molecule has 5 nitrogen and oxygen atoms in total. The highest BCUT2D eigenvalue weighted by Gasteiger charge is 2.31. The van der Waals surface area contributed by atoms with Crippen LogP contribution in [0.25, 0.3) is 0 Å². The first-order valence-electron chi connectivity index (χ1n) is 9.50. The van der Waals surface area contributed by atoms with Gasteiger partial charge in [0.25, 0.3) is 0 Å². The van der Waals surface area contributed by atoms with Gasteiger partial charge in [0.05, 0.1) is 17.9 Å². The number of thiocarbonyl (C=S) groups is 1. The molecular weight excluding hydrogens is 392 g/mol. The highest BCUT2D eigenvalue weighted by atomic mass is 32.1. The third-order valence-electron chi connectivity index (χ3n) is 5.05. The van der Waals surface area contributed by atoms with Crippen LogP contribution in [-0.2, 0) is 0 Å². The summed E-state index contributed by atoms with van der Waals surface area (Å²) in [6, 6.07) is 13.0. The summed E-state index contributed by atoms with van der Waals surface area (Å²) in [5, 5.41) is 3.65. The molecular formula is C21H25F2N5S. The van der Waals surface area contributed by atoms with E-state index in [-0.39, 0.29) is 22.4 Å². The van der Waals surface area contributed by atoms with Crippen LogP contribution in [0.5, 0.6) is 0 Å². The Bertz CT molecular complexity index is 888. The van der Waals surface area contributed by atoms with Crippen molar-refractivity contribution in [3.63, 3.8) is 0 Å². The van der Waals surface area contributed by atoms with Crippen molar-refractivity contribution in [2.45, 2.75) is 25.9 Å². The molecule has 29 heavy (non-hydrogen) atoms. The maximum atomic E-state index is 14.8. The molecule has 0 saturated carbocycles. The summed E-state index contributed by atoms with van der Waals surface area (Å²) in [7, 11) is 0. The van der Waals surface area contributed by atoms with Crippen LogP contribution in [0.3, 0.4) is 0 Å². The monoisotopic (exact) mass is 417 g/mol. The average Bonchev–Trinajstić information content (AvgIpc) is 2.70. The minimum Gasteiger partial charge on any atom is -0.375 e. The number of piperazine rings is 1. The van der Waals surface area contributed by atoms with E-state index in [1.165, 1.54) is 11.6 Å². The molecule has 2 aromatic rings. The molecule has 1 saturated heterocycles. The predicted octanol–water partition coefficient (Wildman–Crippen LogP) is 3.40. The van der Waals surface area contributed by atoms with Gasteiger partial charge in [-0.1, -0.05) is 30.3 Å². The fraction of sp³-hybridized carbons (Fsp3) is 0.333. The first kappa shape index (κ1) is 21.1. The molecule has 0 bridgehead atoms. The molecule has 1 aliphatic rings. The molecule has 0 unspecified atom stereocenters. The standard InChI is InChI=1S/C21H25F2N5S/c1-14(2)28-9-8-27(13-20(28)15-6-4-3-5-7-15)19-11-17(22)16(10-18(19)23)12-25-26-21(24)29/h3-7,10-12,14,20H,8-9,13H2,1-2H3,(H3,24,26,29)/t20-/m0/s1. The smallest absolute Gasteiger partial charge is 0.184 e. The van der Waals surface area contributed by atoms with Gasteiger partial charge >= 0.3 is 0 Å². The number of nitrogens with zero attached hydrogens (tertiary/aromatic N) is 3. The summed E-state index contributed by atoms with van der Waals surface area (Å²) < 4.78 is 29.4. The normalized spacial score (nSPS) is 17.8. The fourth-order valence-corrected chi connectivity index (χ4v) is 3.72. The third-order valence-corrected chi connectivity index (χ3v) is 5.15. The molecule has 0 aliphatic carbocycles. The Morgan fingerprint density at radius 2 is 1.93 bits per heavy atom. The lowest BCUT2D eigenvalue weighted by Gasteiger charge is -2.44. The van der Waals surface area contributed by atoms with Crippen LogP contribution in [0.1, 0.15) is 31.0 Å². The van der Waals surface area contributed by atoms with Crippen LogP contribution < -0.4 is 16.1 Å². The molecule has 8 heteroatoms. The van der Waals surface area contributed by atoms with Crippen LogP contribution in [0.2, 0.25) is 0 Å². The van der Waals surface area contributed by atoms with Gasteiger partial charge in [0.2, 0.25) is 0 Å². The minimum absolute atomic E-state index is 0.0235. The zero-order chi connectivity index (χ0) is 21.0. The van der Waals surface area contributed by atoms with E-state index in [2.05, 4.69) is 53.6 Å². The van der Waals surface area contributed by atoms with Gasteiger partial charge < -0.3 is 10.6 Å². The van der Waals surface area contributed by atoms with Crippen molar-refractivity contribution in [1.82, 2.24) is 10.3 Å². The number of halogens is 2. The van der Waals surface area contributed by atoms with Gasteiger partial charge in [-0.15, -0.1) is 0 Å². The Kier molecular flexibility index (Phi) is 6.76. The SMILES string of the molecule is CC(C)N1CCN(c2cc(F)c(C=NNC(N)=S)cc2F)C[C@H]1c1ccccc1. The van der Waals surface area contributed by atoms with Crippen molar-refractivity contribution < 1.29 is 8.78 Å². The highest BCUT2D eigenvalue weighted by Crippen LogP contribution is 2.32. The van der Waals surface area contributed by atoms with E-state index in [0.29, 0.717) is 19.1 Å². The topological polar surface area (TPSA) is 56.9 Å². The van der Waals surface area contributed by atoms with E-state index >= 15 is 0 Å². The molecule has 0 amide bonds. The quantitative estimate of drug-likeness (QED) is 0.444. The van der Waals surface area contributed by atoms with E-state index in [4.69, 9.17) is 5.73 Å². The van der Waals surface area contributed by atoms with Crippen molar-refractivity contribution in [2.24, 2.45) is 10.8 Å². The summed E-state index contributed by atoms with van der Waals surface area (Å²) in [4.78, 5) is 4.30. The second-order valence-electron chi connectivity index (χ2n) is 7.26. The molecule has 1 heterocycles. The minimum atomic E-state index is -0.558. The zero-order valence-corrected chi connectivity index (χ0v) is 17.3. The van der Waals surface area contributed by atoms with Crippen LogP contribution in [-0.4, -0.2) is 41.9 Å². The maximum Gasteiger partial charge on any atom is 0.184 e. The number of nitrogens with one attached hydrogen (secondary N) is 1. The van der Waals surface area contributed by atoms with Crippen molar-refractivity contribution in [1.29, 1.82) is 0 Å². The lowest BCUT2D eigenvalue weighted by molar-refractivity contribution is 0.137. The zero-order valence-electron chi connectivity index (χ0n) is 16.5. The van der Waals surface area contributed by atoms with Gasteiger partial charge in [-0.2, -0.15) is 5.10 Å². The molecule has 1 atom stereocenters. The van der Waals surface area contributed by atoms with Crippen LogP contribution >= 0.6 is 12.2 Å². The summed E-state index contributed by atoms with van der Waals surface area (Å²) in [6.45, 7) is 6.27. The number of nitrogens with two attached hydrogens (primary N) is 1. The Hall–Kier alpha value is -2.58. The second kappa shape index (κ2) is 9.28. The molecule has 3 N–H and O–H groups in total. The maximum absolute atomic E-state index is 14.8. The van der Waals surface area contributed by atoms with E-state index in [1.54, 1.807) is 0 Å². The summed E-state index contributed by atoms with van der Waals surface area (Å²) in [5.74, 6) is -1.05. The van der Waals surface area contributed by atoms with Crippen molar-refractivity contribution in [3.05, 3.63) is 65.2 Å². The van der Waals surface area contributed by atoms with Gasteiger partial charge in [0.15, 0.2) is 5.11 Å². The largest absolute Gasteiger partial charge is 0.375 e. The second-order valence-corrected chi connectivity index (χ2v) is 7.70. The number of hydrogen-bond donors (Lipinski definition) is 2. The van der Waals surface area contributed by atoms with Gasteiger partial charge in [0, 0.05) is 37.3 Å². The predicted molar refractivity (Wildman–Crippen MR) is 117 cm³/mol. The summed E-state index contributed by atoms with van der Waals surface area (Å²) in [5.41, 5.74) is 9.04. The van der Waals surface area contributed by atoms with Gasteiger partial charge in [0.1, 0.15) is 11.6 Å².